The average molecular weight is 403 g/mol. The fourth-order valence-electron chi connectivity index (χ4n) is 2.15. The number of ether oxygens (including phenoxy) is 1. The van der Waals surface area contributed by atoms with E-state index in [0.29, 0.717) is 5.75 Å². The maximum absolute atomic E-state index is 12.1. The molecule has 6 heteroatoms. The molecule has 122 valence electrons. The molecule has 2 aromatic carbocycles. The number of carbonyl (C=O) groups excluding carboxylic acids is 1. The van der Waals surface area contributed by atoms with Crippen molar-refractivity contribution in [2.24, 2.45) is 5.10 Å². The molecule has 0 aliphatic carbocycles. The van der Waals surface area contributed by atoms with Crippen LogP contribution in [0.5, 0.6) is 5.75 Å². The first-order valence-electron chi connectivity index (χ1n) is 7.35. The number of hydrazone groups is 1. The third-order valence-electron chi connectivity index (χ3n) is 3.36. The predicted molar refractivity (Wildman–Crippen MR) is 102 cm³/mol. The van der Waals surface area contributed by atoms with Crippen molar-refractivity contribution in [3.05, 3.63) is 63.3 Å². The number of thiophene rings is 1. The van der Waals surface area contributed by atoms with Crippen LogP contribution in [-0.2, 0) is 4.79 Å². The number of amides is 1. The molecule has 0 aliphatic rings. The minimum absolute atomic E-state index is 0.296. The van der Waals surface area contributed by atoms with Crippen molar-refractivity contribution in [2.45, 2.75) is 13.0 Å². The molecule has 4 nitrogen and oxygen atoms in total. The summed E-state index contributed by atoms with van der Waals surface area (Å²) in [6, 6.07) is 17.6. The Bertz CT molecular complexity index is 891. The summed E-state index contributed by atoms with van der Waals surface area (Å²) in [7, 11) is 0. The molecule has 1 heterocycles. The number of nitrogens with one attached hydrogen (secondary N) is 1. The fraction of sp³-hybridized carbons (Fsp3) is 0.111. The smallest absolute Gasteiger partial charge is 0.280 e. The number of carbonyl (C=O) groups is 1. The molecule has 1 amide bonds. The number of halogens is 1. The van der Waals surface area contributed by atoms with Crippen LogP contribution in [0.2, 0.25) is 0 Å². The Labute approximate surface area is 152 Å². The van der Waals surface area contributed by atoms with Gasteiger partial charge in [-0.25, -0.2) is 5.43 Å². The van der Waals surface area contributed by atoms with Gasteiger partial charge in [-0.15, -0.1) is 11.3 Å². The van der Waals surface area contributed by atoms with E-state index in [2.05, 4.69) is 26.5 Å². The molecule has 0 saturated carbocycles. The number of benzene rings is 2. The first-order chi connectivity index (χ1) is 11.6. The van der Waals surface area contributed by atoms with Gasteiger partial charge in [-0.3, -0.25) is 4.79 Å². The highest BCUT2D eigenvalue weighted by Gasteiger charge is 2.14. The van der Waals surface area contributed by atoms with E-state index in [-0.39, 0.29) is 5.91 Å². The van der Waals surface area contributed by atoms with E-state index < -0.39 is 6.10 Å². The maximum atomic E-state index is 12.1. The summed E-state index contributed by atoms with van der Waals surface area (Å²) in [6.07, 6.45) is 0.967. The summed E-state index contributed by atoms with van der Waals surface area (Å²) in [4.78, 5) is 13.0. The average Bonchev–Trinajstić information content (AvgIpc) is 3.00. The van der Waals surface area contributed by atoms with Crippen LogP contribution in [0.4, 0.5) is 0 Å². The van der Waals surface area contributed by atoms with Crippen LogP contribution in [0, 0.1) is 0 Å². The molecule has 1 aromatic heterocycles. The van der Waals surface area contributed by atoms with E-state index in [4.69, 9.17) is 4.74 Å². The van der Waals surface area contributed by atoms with Crippen molar-refractivity contribution < 1.29 is 9.53 Å². The van der Waals surface area contributed by atoms with Crippen molar-refractivity contribution in [3.8, 4) is 5.75 Å². The van der Waals surface area contributed by atoms with Gasteiger partial charge in [0.05, 0.1) is 10.0 Å². The van der Waals surface area contributed by atoms with Gasteiger partial charge in [-0.2, -0.15) is 5.10 Å². The quantitative estimate of drug-likeness (QED) is 0.501. The Hall–Kier alpha value is -2.18. The third-order valence-corrected chi connectivity index (χ3v) is 4.92. The van der Waals surface area contributed by atoms with Crippen molar-refractivity contribution in [2.75, 3.05) is 0 Å². The van der Waals surface area contributed by atoms with Crippen LogP contribution in [-0.4, -0.2) is 18.2 Å². The number of fused-ring (bicyclic) bond motifs is 1. The van der Waals surface area contributed by atoms with E-state index in [1.165, 1.54) is 11.3 Å². The summed E-state index contributed by atoms with van der Waals surface area (Å²) in [6.45, 7) is 1.70. The zero-order chi connectivity index (χ0) is 16.9. The molecule has 24 heavy (non-hydrogen) atoms. The second-order valence-corrected chi connectivity index (χ2v) is 7.64. The second kappa shape index (κ2) is 7.59. The van der Waals surface area contributed by atoms with Gasteiger partial charge in [-0.05, 0) is 57.9 Å². The Morgan fingerprint density at radius 2 is 2.00 bits per heavy atom. The van der Waals surface area contributed by atoms with Gasteiger partial charge in [-0.1, -0.05) is 30.3 Å². The standard InChI is InChI=1S/C18H15BrN2O2S/c1-12(18(22)21-20-11-16-8-9-17(19)24-16)23-15-7-6-13-4-2-3-5-14(13)10-15/h2-12H,1H3,(H,21,22). The molecule has 1 atom stereocenters. The molecule has 3 rings (SSSR count). The number of hydrogen-bond donors (Lipinski definition) is 1. The van der Waals surface area contributed by atoms with Gasteiger partial charge in [0.2, 0.25) is 0 Å². The molecule has 0 bridgehead atoms. The topological polar surface area (TPSA) is 50.7 Å². The van der Waals surface area contributed by atoms with Crippen LogP contribution >= 0.6 is 27.3 Å². The molecule has 0 saturated heterocycles. The Morgan fingerprint density at radius 1 is 1.21 bits per heavy atom. The fourth-order valence-corrected chi connectivity index (χ4v) is 3.44. The lowest BCUT2D eigenvalue weighted by Gasteiger charge is -2.13. The minimum atomic E-state index is -0.640. The van der Waals surface area contributed by atoms with Crippen molar-refractivity contribution in [1.82, 2.24) is 5.43 Å². The Morgan fingerprint density at radius 3 is 2.75 bits per heavy atom. The summed E-state index contributed by atoms with van der Waals surface area (Å²) in [5.41, 5.74) is 2.49. The normalized spacial score (nSPS) is 12.4. The lowest BCUT2D eigenvalue weighted by atomic mass is 10.1. The van der Waals surface area contributed by atoms with Crippen LogP contribution < -0.4 is 10.2 Å². The van der Waals surface area contributed by atoms with Gasteiger partial charge in [0.15, 0.2) is 6.10 Å². The maximum Gasteiger partial charge on any atom is 0.280 e. The highest BCUT2D eigenvalue weighted by Crippen LogP contribution is 2.22. The summed E-state index contributed by atoms with van der Waals surface area (Å²) in [5.74, 6) is 0.359. The molecular formula is C18H15BrN2O2S. The first-order valence-corrected chi connectivity index (χ1v) is 8.96. The zero-order valence-electron chi connectivity index (χ0n) is 12.9. The van der Waals surface area contributed by atoms with Crippen LogP contribution in [0.25, 0.3) is 10.8 Å². The van der Waals surface area contributed by atoms with E-state index in [1.54, 1.807) is 13.1 Å². The van der Waals surface area contributed by atoms with E-state index >= 15 is 0 Å². The molecule has 0 aliphatic heterocycles. The van der Waals surface area contributed by atoms with Gasteiger partial charge in [0, 0.05) is 4.88 Å². The van der Waals surface area contributed by atoms with Crippen molar-refractivity contribution in [3.63, 3.8) is 0 Å². The monoisotopic (exact) mass is 402 g/mol. The van der Waals surface area contributed by atoms with Gasteiger partial charge in [0.25, 0.3) is 5.91 Å². The molecular weight excluding hydrogens is 388 g/mol. The molecule has 0 spiro atoms. The Balaban J connectivity index is 1.59. The van der Waals surface area contributed by atoms with Crippen LogP contribution in [0.3, 0.4) is 0 Å². The SMILES string of the molecule is CC(Oc1ccc2ccccc2c1)C(=O)NN=Cc1ccc(Br)s1. The molecule has 0 radical (unpaired) electrons. The van der Waals surface area contributed by atoms with Gasteiger partial charge < -0.3 is 4.74 Å². The third kappa shape index (κ3) is 4.21. The van der Waals surface area contributed by atoms with Crippen molar-refractivity contribution >= 4 is 50.2 Å². The second-order valence-electron chi connectivity index (χ2n) is 5.15. The zero-order valence-corrected chi connectivity index (χ0v) is 15.3. The molecule has 1 N–H and O–H groups in total. The summed E-state index contributed by atoms with van der Waals surface area (Å²) in [5, 5.41) is 6.16. The van der Waals surface area contributed by atoms with E-state index in [9.17, 15) is 4.79 Å². The molecule has 1 unspecified atom stereocenters. The highest BCUT2D eigenvalue weighted by molar-refractivity contribution is 9.11. The first kappa shape index (κ1) is 16.7. The lowest BCUT2D eigenvalue weighted by Crippen LogP contribution is -2.33. The largest absolute Gasteiger partial charge is 0.481 e. The minimum Gasteiger partial charge on any atom is -0.481 e. The van der Waals surface area contributed by atoms with Crippen LogP contribution in [0.1, 0.15) is 11.8 Å². The van der Waals surface area contributed by atoms with E-state index in [0.717, 1.165) is 19.4 Å². The van der Waals surface area contributed by atoms with Gasteiger partial charge in [0.1, 0.15) is 5.75 Å². The Kier molecular flexibility index (Phi) is 5.27. The molecule has 0 fully saturated rings. The predicted octanol–water partition coefficient (Wildman–Crippen LogP) is 4.58. The number of rotatable bonds is 5. The van der Waals surface area contributed by atoms with Crippen LogP contribution in [0.15, 0.2) is 63.5 Å². The van der Waals surface area contributed by atoms with Gasteiger partial charge >= 0.3 is 0 Å². The molecule has 3 aromatic rings. The number of hydrogen-bond acceptors (Lipinski definition) is 4. The highest BCUT2D eigenvalue weighted by atomic mass is 79.9. The summed E-state index contributed by atoms with van der Waals surface area (Å²) >= 11 is 4.92. The van der Waals surface area contributed by atoms with E-state index in [1.807, 2.05) is 54.6 Å². The number of nitrogens with zero attached hydrogens (tertiary/aromatic N) is 1. The van der Waals surface area contributed by atoms with Crippen molar-refractivity contribution in [1.29, 1.82) is 0 Å². The summed E-state index contributed by atoms with van der Waals surface area (Å²) < 4.78 is 6.72. The lowest BCUT2D eigenvalue weighted by molar-refractivity contribution is -0.127.